The predicted molar refractivity (Wildman–Crippen MR) is 121 cm³/mol. The summed E-state index contributed by atoms with van der Waals surface area (Å²) >= 11 is 0. The van der Waals surface area contributed by atoms with E-state index < -0.39 is 0 Å². The van der Waals surface area contributed by atoms with Crippen LogP contribution in [0, 0.1) is 0 Å². The van der Waals surface area contributed by atoms with Crippen molar-refractivity contribution >= 4 is 16.6 Å². The molecule has 2 aromatic carbocycles. The van der Waals surface area contributed by atoms with Crippen molar-refractivity contribution in [3.63, 3.8) is 0 Å². The first-order valence-corrected chi connectivity index (χ1v) is 10.3. The molecule has 2 aromatic heterocycles. The van der Waals surface area contributed by atoms with Gasteiger partial charge >= 0.3 is 5.69 Å². The molecule has 0 radical (unpaired) electrons. The van der Waals surface area contributed by atoms with E-state index in [0.29, 0.717) is 10.9 Å². The Morgan fingerprint density at radius 1 is 0.968 bits per heavy atom. The van der Waals surface area contributed by atoms with Crippen LogP contribution in [-0.2, 0) is 14.1 Å². The molecule has 0 fully saturated rings. The van der Waals surface area contributed by atoms with E-state index in [0.717, 1.165) is 32.9 Å². The fourth-order valence-electron chi connectivity index (χ4n) is 4.37. The van der Waals surface area contributed by atoms with Crippen molar-refractivity contribution in [3.8, 4) is 11.4 Å². The summed E-state index contributed by atoms with van der Waals surface area (Å²) in [4.78, 5) is 25.6. The Morgan fingerprint density at radius 2 is 1.68 bits per heavy atom. The standard InChI is InChI=1S/C24H24N4O3/c1-14(2)31-16-11-9-15(10-12-16)20-22-21-17(23(29)27(4)24(30)26(21)3)13-28(22)19-8-6-5-7-18(19)25-20/h5-14,20,25H,1-4H3/t20-/m0/s1. The second-order valence-electron chi connectivity index (χ2n) is 8.18. The van der Waals surface area contributed by atoms with Gasteiger partial charge in [-0.1, -0.05) is 24.3 Å². The first-order valence-electron chi connectivity index (χ1n) is 10.3. The van der Waals surface area contributed by atoms with E-state index in [9.17, 15) is 9.59 Å². The number of hydrogen-bond acceptors (Lipinski definition) is 4. The maximum Gasteiger partial charge on any atom is 0.331 e. The Labute approximate surface area is 179 Å². The monoisotopic (exact) mass is 416 g/mol. The third-order valence-electron chi connectivity index (χ3n) is 5.78. The van der Waals surface area contributed by atoms with Crippen molar-refractivity contribution < 1.29 is 4.74 Å². The maximum absolute atomic E-state index is 12.9. The third-order valence-corrected chi connectivity index (χ3v) is 5.78. The normalized spacial score (nSPS) is 14.9. The molecule has 31 heavy (non-hydrogen) atoms. The van der Waals surface area contributed by atoms with Crippen LogP contribution in [0.4, 0.5) is 5.69 Å². The van der Waals surface area contributed by atoms with Crippen LogP contribution < -0.4 is 21.3 Å². The van der Waals surface area contributed by atoms with E-state index in [1.165, 1.54) is 7.05 Å². The average Bonchev–Trinajstić information content (AvgIpc) is 3.17. The topological polar surface area (TPSA) is 70.2 Å². The number of nitrogens with zero attached hydrogens (tertiary/aromatic N) is 3. The van der Waals surface area contributed by atoms with Gasteiger partial charge in [0.05, 0.1) is 40.1 Å². The van der Waals surface area contributed by atoms with Crippen molar-refractivity contribution in [2.24, 2.45) is 14.1 Å². The van der Waals surface area contributed by atoms with Gasteiger partial charge in [-0.3, -0.25) is 13.9 Å². The molecule has 0 spiro atoms. The van der Waals surface area contributed by atoms with Crippen LogP contribution >= 0.6 is 0 Å². The van der Waals surface area contributed by atoms with E-state index in [-0.39, 0.29) is 23.4 Å². The van der Waals surface area contributed by atoms with Gasteiger partial charge in [0.1, 0.15) is 5.75 Å². The maximum atomic E-state index is 12.9. The number of aryl methyl sites for hydroxylation is 1. The number of hydrogen-bond donors (Lipinski definition) is 1. The summed E-state index contributed by atoms with van der Waals surface area (Å²) in [6.07, 6.45) is 1.94. The summed E-state index contributed by atoms with van der Waals surface area (Å²) in [6.45, 7) is 3.99. The van der Waals surface area contributed by atoms with Crippen molar-refractivity contribution in [1.82, 2.24) is 13.7 Å². The van der Waals surface area contributed by atoms with E-state index >= 15 is 0 Å². The SMILES string of the molecule is CC(C)Oc1ccc([C@@H]2Nc3ccccc3-n3cc4c(=O)n(C)c(=O)n(C)c4c32)cc1. The van der Waals surface area contributed by atoms with Crippen LogP contribution in [0.5, 0.6) is 5.75 Å². The van der Waals surface area contributed by atoms with Crippen molar-refractivity contribution in [2.75, 3.05) is 5.32 Å². The smallest absolute Gasteiger partial charge is 0.331 e. The lowest BCUT2D eigenvalue weighted by molar-refractivity contribution is 0.242. The van der Waals surface area contributed by atoms with Crippen LogP contribution in [0.15, 0.2) is 64.3 Å². The minimum absolute atomic E-state index is 0.0949. The zero-order valence-electron chi connectivity index (χ0n) is 17.9. The highest BCUT2D eigenvalue weighted by atomic mass is 16.5. The summed E-state index contributed by atoms with van der Waals surface area (Å²) in [5, 5.41) is 4.12. The zero-order valence-corrected chi connectivity index (χ0v) is 17.9. The lowest BCUT2D eigenvalue weighted by Crippen LogP contribution is -2.37. The van der Waals surface area contributed by atoms with Crippen LogP contribution in [0.1, 0.15) is 31.1 Å². The lowest BCUT2D eigenvalue weighted by atomic mass is 9.99. The molecule has 0 unspecified atom stereocenters. The van der Waals surface area contributed by atoms with Gasteiger partial charge in [0.2, 0.25) is 0 Å². The molecule has 0 saturated carbocycles. The first kappa shape index (κ1) is 19.2. The largest absolute Gasteiger partial charge is 0.491 e. The van der Waals surface area contributed by atoms with Crippen LogP contribution in [0.25, 0.3) is 16.6 Å². The number of rotatable bonds is 3. The second kappa shape index (κ2) is 6.91. The van der Waals surface area contributed by atoms with E-state index in [2.05, 4.69) is 5.32 Å². The Balaban J connectivity index is 1.79. The van der Waals surface area contributed by atoms with E-state index in [4.69, 9.17) is 4.74 Å². The van der Waals surface area contributed by atoms with Gasteiger partial charge in [-0.2, -0.15) is 0 Å². The minimum Gasteiger partial charge on any atom is -0.491 e. The molecule has 0 saturated heterocycles. The molecule has 1 N–H and O–H groups in total. The van der Waals surface area contributed by atoms with Crippen LogP contribution in [-0.4, -0.2) is 19.8 Å². The lowest BCUT2D eigenvalue weighted by Gasteiger charge is -2.30. The first-order chi connectivity index (χ1) is 14.9. The number of aromatic nitrogens is 3. The molecule has 7 nitrogen and oxygen atoms in total. The number of para-hydroxylation sites is 2. The van der Waals surface area contributed by atoms with Crippen molar-refractivity contribution in [3.05, 3.63) is 86.8 Å². The summed E-state index contributed by atoms with van der Waals surface area (Å²) in [7, 11) is 3.22. The summed E-state index contributed by atoms with van der Waals surface area (Å²) < 4.78 is 10.5. The quantitative estimate of drug-likeness (QED) is 0.556. The van der Waals surface area contributed by atoms with Gasteiger partial charge in [-0.25, -0.2) is 4.79 Å². The molecular weight excluding hydrogens is 392 g/mol. The minimum atomic E-state index is -0.343. The molecule has 5 rings (SSSR count). The van der Waals surface area contributed by atoms with Gasteiger partial charge in [-0.15, -0.1) is 0 Å². The molecule has 1 atom stereocenters. The Morgan fingerprint density at radius 3 is 2.39 bits per heavy atom. The Bertz CT molecular complexity index is 1420. The molecular formula is C24H24N4O3. The number of ether oxygens (including phenoxy) is 1. The fraction of sp³-hybridized carbons (Fsp3) is 0.250. The van der Waals surface area contributed by atoms with Crippen molar-refractivity contribution in [2.45, 2.75) is 26.0 Å². The van der Waals surface area contributed by atoms with E-state index in [1.54, 1.807) is 11.6 Å². The molecule has 0 bridgehead atoms. The van der Waals surface area contributed by atoms with Crippen LogP contribution in [0.2, 0.25) is 0 Å². The highest BCUT2D eigenvalue weighted by Crippen LogP contribution is 2.40. The molecule has 0 aliphatic carbocycles. The van der Waals surface area contributed by atoms with Gasteiger partial charge in [-0.05, 0) is 43.7 Å². The van der Waals surface area contributed by atoms with Crippen LogP contribution in [0.3, 0.4) is 0 Å². The highest BCUT2D eigenvalue weighted by molar-refractivity contribution is 5.86. The molecule has 1 aliphatic rings. The molecule has 158 valence electrons. The molecule has 0 amide bonds. The second-order valence-corrected chi connectivity index (χ2v) is 8.18. The fourth-order valence-corrected chi connectivity index (χ4v) is 4.37. The molecule has 4 aromatic rings. The van der Waals surface area contributed by atoms with Gasteiger partial charge in [0.15, 0.2) is 0 Å². The average molecular weight is 416 g/mol. The number of nitrogens with one attached hydrogen (secondary N) is 1. The van der Waals surface area contributed by atoms with E-state index in [1.807, 2.05) is 73.1 Å². The summed E-state index contributed by atoms with van der Waals surface area (Å²) in [5.74, 6) is 0.802. The summed E-state index contributed by atoms with van der Waals surface area (Å²) in [5.41, 5.74) is 3.79. The van der Waals surface area contributed by atoms with Gasteiger partial charge in [0.25, 0.3) is 5.56 Å². The Hall–Kier alpha value is -3.74. The Kier molecular flexibility index (Phi) is 4.28. The van der Waals surface area contributed by atoms with Gasteiger partial charge in [0, 0.05) is 20.3 Å². The predicted octanol–water partition coefficient (Wildman–Crippen LogP) is 3.33. The molecule has 1 aliphatic heterocycles. The highest BCUT2D eigenvalue weighted by Gasteiger charge is 2.30. The molecule has 3 heterocycles. The zero-order chi connectivity index (χ0) is 21.9. The van der Waals surface area contributed by atoms with Gasteiger partial charge < -0.3 is 14.6 Å². The number of fused-ring (bicyclic) bond motifs is 5. The number of anilines is 1. The van der Waals surface area contributed by atoms with Crippen molar-refractivity contribution in [1.29, 1.82) is 0 Å². The third kappa shape index (κ3) is 2.88. The summed E-state index contributed by atoms with van der Waals surface area (Å²) in [6, 6.07) is 15.7. The number of benzene rings is 2. The molecule has 7 heteroatoms.